The molecule has 0 amide bonds. The van der Waals surface area contributed by atoms with Crippen molar-refractivity contribution in [2.45, 2.75) is 24.7 Å². The van der Waals surface area contributed by atoms with Crippen molar-refractivity contribution < 1.29 is 17.5 Å². The molecule has 1 N–H and O–H groups in total. The molecule has 0 spiro atoms. The monoisotopic (exact) mass is 275 g/mol. The molecule has 0 radical (unpaired) electrons. The molecule has 0 unspecified atom stereocenters. The number of halogens is 1. The van der Waals surface area contributed by atoms with Gasteiger partial charge in [-0.05, 0) is 43.5 Å². The maximum absolute atomic E-state index is 13.0. The third-order valence-corrected chi connectivity index (χ3v) is 3.97. The molecule has 18 heavy (non-hydrogen) atoms. The molecule has 0 atom stereocenters. The number of methoxy groups -OCH3 is 1. The molecule has 6 heteroatoms. The summed E-state index contributed by atoms with van der Waals surface area (Å²) in [4.78, 5) is 0.0909. The van der Waals surface area contributed by atoms with Crippen molar-refractivity contribution in [2.24, 2.45) is 0 Å². The van der Waals surface area contributed by atoms with Gasteiger partial charge in [-0.15, -0.1) is 0 Å². The number of hydrogen-bond donors (Lipinski definition) is 1. The van der Waals surface area contributed by atoms with Crippen molar-refractivity contribution in [3.63, 3.8) is 0 Å². The molecule has 1 aromatic rings. The Bertz CT molecular complexity index is 488. The van der Waals surface area contributed by atoms with Crippen LogP contribution in [0.4, 0.5) is 4.39 Å². The Morgan fingerprint density at radius 1 is 1.33 bits per heavy atom. The largest absolute Gasteiger partial charge is 0.385 e. The number of ether oxygens (including phenoxy) is 1. The molecule has 0 aliphatic carbocycles. The molecular formula is C12H18FNO3S. The summed E-state index contributed by atoms with van der Waals surface area (Å²) in [6.45, 7) is 2.49. The second kappa shape index (κ2) is 6.82. The lowest BCUT2D eigenvalue weighted by atomic mass is 10.2. The van der Waals surface area contributed by atoms with E-state index in [0.29, 0.717) is 25.1 Å². The fourth-order valence-corrected chi connectivity index (χ4v) is 2.60. The number of benzene rings is 1. The fourth-order valence-electron chi connectivity index (χ4n) is 1.45. The van der Waals surface area contributed by atoms with Crippen LogP contribution >= 0.6 is 0 Å². The van der Waals surface area contributed by atoms with Gasteiger partial charge >= 0.3 is 0 Å². The van der Waals surface area contributed by atoms with Gasteiger partial charge in [-0.2, -0.15) is 0 Å². The molecule has 4 nitrogen and oxygen atoms in total. The average Bonchev–Trinajstić information content (AvgIpc) is 2.32. The summed E-state index contributed by atoms with van der Waals surface area (Å²) in [5, 5.41) is 0. The highest BCUT2D eigenvalue weighted by Crippen LogP contribution is 2.13. The predicted molar refractivity (Wildman–Crippen MR) is 67.4 cm³/mol. The zero-order chi connectivity index (χ0) is 13.6. The van der Waals surface area contributed by atoms with Crippen LogP contribution < -0.4 is 4.72 Å². The molecule has 0 aliphatic heterocycles. The van der Waals surface area contributed by atoms with Crippen LogP contribution in [0, 0.1) is 12.7 Å². The third kappa shape index (κ3) is 4.36. The molecule has 0 saturated heterocycles. The lowest BCUT2D eigenvalue weighted by Crippen LogP contribution is -2.25. The van der Waals surface area contributed by atoms with Gasteiger partial charge in [0.15, 0.2) is 0 Å². The van der Waals surface area contributed by atoms with Crippen LogP contribution in [0.15, 0.2) is 23.1 Å². The Balaban J connectivity index is 2.60. The quantitative estimate of drug-likeness (QED) is 0.773. The first kappa shape index (κ1) is 15.1. The molecule has 102 valence electrons. The summed E-state index contributed by atoms with van der Waals surface area (Å²) < 4.78 is 44.1. The summed E-state index contributed by atoms with van der Waals surface area (Å²) in [6, 6.07) is 3.75. The highest BCUT2D eigenvalue weighted by molar-refractivity contribution is 7.89. The van der Waals surface area contributed by atoms with Crippen LogP contribution in [-0.4, -0.2) is 28.7 Å². The summed E-state index contributed by atoms with van der Waals surface area (Å²) in [6.07, 6.45) is 1.49. The van der Waals surface area contributed by atoms with E-state index >= 15 is 0 Å². The molecular weight excluding hydrogens is 257 g/mol. The van der Waals surface area contributed by atoms with Crippen molar-refractivity contribution in [3.8, 4) is 0 Å². The molecule has 0 aromatic heterocycles. The summed E-state index contributed by atoms with van der Waals surface area (Å²) in [7, 11) is -1.94. The minimum absolute atomic E-state index is 0.0909. The zero-order valence-corrected chi connectivity index (χ0v) is 11.4. The van der Waals surface area contributed by atoms with Crippen LogP contribution in [0.3, 0.4) is 0 Å². The Morgan fingerprint density at radius 3 is 2.67 bits per heavy atom. The van der Waals surface area contributed by atoms with Crippen molar-refractivity contribution in [2.75, 3.05) is 20.3 Å². The van der Waals surface area contributed by atoms with Crippen LogP contribution in [0.1, 0.15) is 18.4 Å². The average molecular weight is 275 g/mol. The molecule has 0 heterocycles. The summed E-state index contributed by atoms with van der Waals surface area (Å²) >= 11 is 0. The lowest BCUT2D eigenvalue weighted by Gasteiger charge is -2.07. The normalized spacial score (nSPS) is 11.7. The van der Waals surface area contributed by atoms with Gasteiger partial charge in [0.2, 0.25) is 10.0 Å². The van der Waals surface area contributed by atoms with Gasteiger partial charge in [-0.25, -0.2) is 17.5 Å². The molecule has 0 saturated carbocycles. The highest BCUT2D eigenvalue weighted by atomic mass is 32.2. The van der Waals surface area contributed by atoms with Crippen LogP contribution in [0.5, 0.6) is 0 Å². The number of rotatable bonds is 7. The standard InChI is InChI=1S/C12H18FNO3S/c1-10-9-11(5-6-12(10)13)18(15,16)14-7-3-4-8-17-2/h5-6,9,14H,3-4,7-8H2,1-2H3. The molecule has 1 rings (SSSR count). The Kier molecular flexibility index (Phi) is 5.71. The van der Waals surface area contributed by atoms with E-state index in [1.165, 1.54) is 19.1 Å². The first-order chi connectivity index (χ1) is 8.47. The van der Waals surface area contributed by atoms with Gasteiger partial charge in [0.1, 0.15) is 5.82 Å². The van der Waals surface area contributed by atoms with Crippen molar-refractivity contribution in [1.82, 2.24) is 4.72 Å². The summed E-state index contributed by atoms with van der Waals surface area (Å²) in [5.41, 5.74) is 0.317. The second-order valence-electron chi connectivity index (χ2n) is 4.01. The van der Waals surface area contributed by atoms with Crippen molar-refractivity contribution in [1.29, 1.82) is 0 Å². The van der Waals surface area contributed by atoms with Gasteiger partial charge in [0, 0.05) is 20.3 Å². The number of sulfonamides is 1. The van der Waals surface area contributed by atoms with Gasteiger partial charge in [-0.3, -0.25) is 0 Å². The molecule has 0 aliphatic rings. The molecule has 1 aromatic carbocycles. The Morgan fingerprint density at radius 2 is 2.06 bits per heavy atom. The first-order valence-corrected chi connectivity index (χ1v) is 7.20. The molecule has 0 fully saturated rings. The number of unbranched alkanes of at least 4 members (excludes halogenated alkanes) is 1. The third-order valence-electron chi connectivity index (χ3n) is 2.51. The van der Waals surface area contributed by atoms with E-state index in [4.69, 9.17) is 4.74 Å². The van der Waals surface area contributed by atoms with Gasteiger partial charge in [0.25, 0.3) is 0 Å². The van der Waals surface area contributed by atoms with E-state index in [1.807, 2.05) is 0 Å². The van der Waals surface area contributed by atoms with Crippen LogP contribution in [-0.2, 0) is 14.8 Å². The fraction of sp³-hybridized carbons (Fsp3) is 0.500. The van der Waals surface area contributed by atoms with E-state index in [0.717, 1.165) is 12.5 Å². The Hall–Kier alpha value is -0.980. The van der Waals surface area contributed by atoms with E-state index in [2.05, 4.69) is 4.72 Å². The topological polar surface area (TPSA) is 55.4 Å². The van der Waals surface area contributed by atoms with Gasteiger partial charge in [0.05, 0.1) is 4.90 Å². The lowest BCUT2D eigenvalue weighted by molar-refractivity contribution is 0.193. The summed E-state index contributed by atoms with van der Waals surface area (Å²) in [5.74, 6) is -0.408. The minimum atomic E-state index is -3.54. The number of aryl methyl sites for hydroxylation is 1. The van der Waals surface area contributed by atoms with Gasteiger partial charge < -0.3 is 4.74 Å². The number of nitrogens with one attached hydrogen (secondary N) is 1. The first-order valence-electron chi connectivity index (χ1n) is 5.72. The van der Waals surface area contributed by atoms with Crippen LogP contribution in [0.2, 0.25) is 0 Å². The Labute approximate surface area is 107 Å². The predicted octanol–water partition coefficient (Wildman–Crippen LogP) is 1.84. The minimum Gasteiger partial charge on any atom is -0.385 e. The maximum atomic E-state index is 13.0. The zero-order valence-electron chi connectivity index (χ0n) is 10.6. The highest BCUT2D eigenvalue weighted by Gasteiger charge is 2.14. The SMILES string of the molecule is COCCCCNS(=O)(=O)c1ccc(F)c(C)c1. The van der Waals surface area contributed by atoms with Gasteiger partial charge in [-0.1, -0.05) is 0 Å². The number of hydrogen-bond acceptors (Lipinski definition) is 3. The van der Waals surface area contributed by atoms with E-state index in [1.54, 1.807) is 7.11 Å². The van der Waals surface area contributed by atoms with Crippen molar-refractivity contribution >= 4 is 10.0 Å². The van der Waals surface area contributed by atoms with E-state index in [9.17, 15) is 12.8 Å². The van der Waals surface area contributed by atoms with E-state index in [-0.39, 0.29) is 4.90 Å². The van der Waals surface area contributed by atoms with E-state index < -0.39 is 15.8 Å². The second-order valence-corrected chi connectivity index (χ2v) is 5.78. The smallest absolute Gasteiger partial charge is 0.240 e. The maximum Gasteiger partial charge on any atom is 0.240 e. The van der Waals surface area contributed by atoms with Crippen molar-refractivity contribution in [3.05, 3.63) is 29.6 Å². The van der Waals surface area contributed by atoms with Crippen LogP contribution in [0.25, 0.3) is 0 Å². The molecule has 0 bridgehead atoms.